The maximum atomic E-state index is 12.8. The van der Waals surface area contributed by atoms with E-state index < -0.39 is 12.1 Å². The summed E-state index contributed by atoms with van der Waals surface area (Å²) in [7, 11) is 0. The summed E-state index contributed by atoms with van der Waals surface area (Å²) in [5, 5.41) is 0. The van der Waals surface area contributed by atoms with Gasteiger partial charge < -0.3 is 10.6 Å². The average molecular weight is 272 g/mol. The van der Waals surface area contributed by atoms with Gasteiger partial charge in [-0.1, -0.05) is 12.1 Å². The van der Waals surface area contributed by atoms with Crippen molar-refractivity contribution in [3.63, 3.8) is 0 Å². The number of nitrogens with two attached hydrogens (primary N) is 1. The second-order valence-corrected chi connectivity index (χ2v) is 5.03. The molecule has 1 unspecified atom stereocenters. The SMILES string of the molecule is NCCc1ccc(N2CCCC(C(F)(F)F)C2)cc1. The molecule has 2 nitrogen and oxygen atoms in total. The first kappa shape index (κ1) is 14.2. The van der Waals surface area contributed by atoms with E-state index in [1.54, 1.807) is 0 Å². The van der Waals surface area contributed by atoms with E-state index in [4.69, 9.17) is 5.73 Å². The number of rotatable bonds is 3. The molecule has 1 fully saturated rings. The molecule has 1 aliphatic rings. The Morgan fingerprint density at radius 1 is 1.21 bits per heavy atom. The Kier molecular flexibility index (Phi) is 4.34. The Balaban J connectivity index is 2.04. The number of alkyl halides is 3. The molecule has 19 heavy (non-hydrogen) atoms. The Labute approximate surface area is 111 Å². The minimum absolute atomic E-state index is 0.0692. The van der Waals surface area contributed by atoms with E-state index in [1.165, 1.54) is 0 Å². The molecule has 2 rings (SSSR count). The van der Waals surface area contributed by atoms with Crippen molar-refractivity contribution in [3.8, 4) is 0 Å². The summed E-state index contributed by atoms with van der Waals surface area (Å²) in [5.41, 5.74) is 7.46. The second kappa shape index (κ2) is 5.82. The van der Waals surface area contributed by atoms with Crippen LogP contribution in [-0.2, 0) is 6.42 Å². The van der Waals surface area contributed by atoms with Crippen LogP contribution in [0.4, 0.5) is 18.9 Å². The smallest absolute Gasteiger partial charge is 0.371 e. The molecule has 1 aromatic carbocycles. The number of hydrogen-bond acceptors (Lipinski definition) is 2. The van der Waals surface area contributed by atoms with Crippen LogP contribution < -0.4 is 10.6 Å². The van der Waals surface area contributed by atoms with E-state index in [1.807, 2.05) is 29.2 Å². The van der Waals surface area contributed by atoms with Crippen molar-refractivity contribution in [3.05, 3.63) is 29.8 Å². The fourth-order valence-electron chi connectivity index (χ4n) is 2.52. The number of piperidine rings is 1. The van der Waals surface area contributed by atoms with Crippen LogP contribution in [0, 0.1) is 5.92 Å². The number of anilines is 1. The summed E-state index contributed by atoms with van der Waals surface area (Å²) >= 11 is 0. The van der Waals surface area contributed by atoms with E-state index in [-0.39, 0.29) is 13.0 Å². The van der Waals surface area contributed by atoms with Crippen molar-refractivity contribution < 1.29 is 13.2 Å². The zero-order valence-corrected chi connectivity index (χ0v) is 10.8. The monoisotopic (exact) mass is 272 g/mol. The molecular weight excluding hydrogens is 253 g/mol. The minimum Gasteiger partial charge on any atom is -0.371 e. The maximum absolute atomic E-state index is 12.8. The summed E-state index contributed by atoms with van der Waals surface area (Å²) in [6.07, 6.45) is -2.45. The van der Waals surface area contributed by atoms with Gasteiger partial charge in [-0.05, 0) is 43.5 Å². The molecule has 5 heteroatoms. The van der Waals surface area contributed by atoms with E-state index in [0.29, 0.717) is 19.5 Å². The summed E-state index contributed by atoms with van der Waals surface area (Å²) in [5.74, 6) is -1.20. The number of benzene rings is 1. The quantitative estimate of drug-likeness (QED) is 0.916. The number of nitrogens with zero attached hydrogens (tertiary/aromatic N) is 1. The molecule has 1 atom stereocenters. The van der Waals surface area contributed by atoms with Crippen LogP contribution in [-0.4, -0.2) is 25.8 Å². The van der Waals surface area contributed by atoms with Crippen molar-refractivity contribution in [1.29, 1.82) is 0 Å². The molecule has 0 radical (unpaired) electrons. The Bertz CT molecular complexity index is 400. The summed E-state index contributed by atoms with van der Waals surface area (Å²) in [6.45, 7) is 1.35. The third kappa shape index (κ3) is 3.62. The van der Waals surface area contributed by atoms with E-state index in [0.717, 1.165) is 17.7 Å². The van der Waals surface area contributed by atoms with Crippen LogP contribution >= 0.6 is 0 Å². The molecular formula is C14H19F3N2. The van der Waals surface area contributed by atoms with Crippen LogP contribution in [0.2, 0.25) is 0 Å². The van der Waals surface area contributed by atoms with E-state index in [2.05, 4.69) is 0 Å². The lowest BCUT2D eigenvalue weighted by molar-refractivity contribution is -0.175. The van der Waals surface area contributed by atoms with Gasteiger partial charge in [-0.2, -0.15) is 13.2 Å². The molecule has 1 saturated heterocycles. The lowest BCUT2D eigenvalue weighted by Gasteiger charge is -2.35. The third-order valence-corrected chi connectivity index (χ3v) is 3.62. The lowest BCUT2D eigenvalue weighted by Crippen LogP contribution is -2.41. The molecule has 0 amide bonds. The highest BCUT2D eigenvalue weighted by molar-refractivity contribution is 5.48. The fourth-order valence-corrected chi connectivity index (χ4v) is 2.52. The van der Waals surface area contributed by atoms with Gasteiger partial charge in [0, 0.05) is 18.8 Å². The van der Waals surface area contributed by atoms with Gasteiger partial charge in [-0.3, -0.25) is 0 Å². The Morgan fingerprint density at radius 3 is 2.47 bits per heavy atom. The van der Waals surface area contributed by atoms with Gasteiger partial charge >= 0.3 is 6.18 Å². The molecule has 106 valence electrons. The first-order chi connectivity index (χ1) is 9.00. The van der Waals surface area contributed by atoms with Gasteiger partial charge in [0.05, 0.1) is 5.92 Å². The second-order valence-electron chi connectivity index (χ2n) is 5.03. The summed E-state index contributed by atoms with van der Waals surface area (Å²) < 4.78 is 38.3. The van der Waals surface area contributed by atoms with Gasteiger partial charge in [0.25, 0.3) is 0 Å². The molecule has 2 N–H and O–H groups in total. The number of hydrogen-bond donors (Lipinski definition) is 1. The molecule has 1 heterocycles. The predicted molar refractivity (Wildman–Crippen MR) is 70.2 cm³/mol. The van der Waals surface area contributed by atoms with Crippen molar-refractivity contribution in [2.45, 2.75) is 25.4 Å². The largest absolute Gasteiger partial charge is 0.393 e. The predicted octanol–water partition coefficient (Wildman–Crippen LogP) is 2.97. The molecule has 1 aromatic rings. The minimum atomic E-state index is -4.09. The topological polar surface area (TPSA) is 29.3 Å². The molecule has 0 aliphatic carbocycles. The van der Waals surface area contributed by atoms with Crippen molar-refractivity contribution in [1.82, 2.24) is 0 Å². The average Bonchev–Trinajstić information content (AvgIpc) is 2.39. The van der Waals surface area contributed by atoms with Crippen LogP contribution in [0.1, 0.15) is 18.4 Å². The summed E-state index contributed by atoms with van der Waals surface area (Å²) in [6, 6.07) is 7.67. The molecule has 0 bridgehead atoms. The van der Waals surface area contributed by atoms with E-state index in [9.17, 15) is 13.2 Å². The highest BCUT2D eigenvalue weighted by Gasteiger charge is 2.41. The standard InChI is InChI=1S/C14H19F3N2/c15-14(16,17)12-2-1-9-19(10-12)13-5-3-11(4-6-13)7-8-18/h3-6,12H,1-2,7-10,18H2. The highest BCUT2D eigenvalue weighted by atomic mass is 19.4. The van der Waals surface area contributed by atoms with E-state index >= 15 is 0 Å². The van der Waals surface area contributed by atoms with Gasteiger partial charge in [0.1, 0.15) is 0 Å². The van der Waals surface area contributed by atoms with Gasteiger partial charge in [-0.15, -0.1) is 0 Å². The molecule has 0 spiro atoms. The van der Waals surface area contributed by atoms with Crippen molar-refractivity contribution >= 4 is 5.69 Å². The normalized spacial score (nSPS) is 20.6. The fraction of sp³-hybridized carbons (Fsp3) is 0.571. The maximum Gasteiger partial charge on any atom is 0.393 e. The van der Waals surface area contributed by atoms with Crippen LogP contribution in [0.3, 0.4) is 0 Å². The lowest BCUT2D eigenvalue weighted by atomic mass is 9.97. The molecule has 0 saturated carbocycles. The zero-order valence-electron chi connectivity index (χ0n) is 10.8. The van der Waals surface area contributed by atoms with Crippen LogP contribution in [0.15, 0.2) is 24.3 Å². The Hall–Kier alpha value is -1.23. The van der Waals surface area contributed by atoms with Crippen molar-refractivity contribution in [2.75, 3.05) is 24.5 Å². The van der Waals surface area contributed by atoms with Crippen LogP contribution in [0.25, 0.3) is 0 Å². The molecule has 0 aromatic heterocycles. The van der Waals surface area contributed by atoms with Crippen molar-refractivity contribution in [2.24, 2.45) is 11.7 Å². The third-order valence-electron chi connectivity index (χ3n) is 3.62. The van der Waals surface area contributed by atoms with Gasteiger partial charge in [0.15, 0.2) is 0 Å². The first-order valence-corrected chi connectivity index (χ1v) is 6.61. The first-order valence-electron chi connectivity index (χ1n) is 6.61. The summed E-state index contributed by atoms with van der Waals surface area (Å²) in [4.78, 5) is 1.83. The highest BCUT2D eigenvalue weighted by Crippen LogP contribution is 2.34. The van der Waals surface area contributed by atoms with Gasteiger partial charge in [0.2, 0.25) is 0 Å². The van der Waals surface area contributed by atoms with Gasteiger partial charge in [-0.25, -0.2) is 0 Å². The Morgan fingerprint density at radius 2 is 1.89 bits per heavy atom. The molecule has 1 aliphatic heterocycles. The van der Waals surface area contributed by atoms with Crippen LogP contribution in [0.5, 0.6) is 0 Å². The zero-order chi connectivity index (χ0) is 13.9. The number of halogens is 3.